The fraction of sp³-hybridized carbons (Fsp3) is 0.318. The Hall–Kier alpha value is -1.56. The molecule has 0 radical (unpaired) electrons. The lowest BCUT2D eigenvalue weighted by Gasteiger charge is -2.29. The fourth-order valence-electron chi connectivity index (χ4n) is 3.63. The summed E-state index contributed by atoms with van der Waals surface area (Å²) in [4.78, 5) is 9.29. The van der Waals surface area contributed by atoms with E-state index < -0.39 is 0 Å². The Bertz CT molecular complexity index is 956. The molecule has 4 nitrogen and oxygen atoms in total. The summed E-state index contributed by atoms with van der Waals surface area (Å²) >= 11 is 6.59. The highest BCUT2D eigenvalue weighted by molar-refractivity contribution is 6.33. The van der Waals surface area contributed by atoms with Crippen molar-refractivity contribution in [3.63, 3.8) is 0 Å². The number of fused-ring (bicyclic) bond motifs is 1. The van der Waals surface area contributed by atoms with Crippen LogP contribution in [0.2, 0.25) is 5.02 Å². The van der Waals surface area contributed by atoms with E-state index in [-0.39, 0.29) is 24.8 Å². The molecule has 7 heteroatoms. The monoisotopic (exact) mass is 452 g/mol. The van der Waals surface area contributed by atoms with Crippen molar-refractivity contribution in [2.24, 2.45) is 0 Å². The van der Waals surface area contributed by atoms with Crippen molar-refractivity contribution >= 4 is 53.1 Å². The lowest BCUT2D eigenvalue weighted by Crippen LogP contribution is -2.44. The summed E-state index contributed by atoms with van der Waals surface area (Å²) in [6.07, 6.45) is 0. The van der Waals surface area contributed by atoms with Crippen LogP contribution in [0.3, 0.4) is 0 Å². The number of hydrogen-bond acceptors (Lipinski definition) is 4. The molecule has 1 saturated heterocycles. The van der Waals surface area contributed by atoms with Gasteiger partial charge in [-0.1, -0.05) is 35.9 Å². The van der Waals surface area contributed by atoms with Gasteiger partial charge in [0.05, 0.1) is 10.5 Å². The first-order valence-electron chi connectivity index (χ1n) is 9.40. The van der Waals surface area contributed by atoms with Crippen LogP contribution in [0.15, 0.2) is 48.5 Å². The minimum absolute atomic E-state index is 0. The zero-order valence-corrected chi connectivity index (χ0v) is 19.1. The molecule has 2 heterocycles. The van der Waals surface area contributed by atoms with E-state index >= 15 is 0 Å². The van der Waals surface area contributed by atoms with Crippen LogP contribution in [-0.2, 0) is 6.54 Å². The third kappa shape index (κ3) is 5.53. The van der Waals surface area contributed by atoms with Crippen molar-refractivity contribution in [1.82, 2.24) is 15.2 Å². The zero-order valence-electron chi connectivity index (χ0n) is 16.7. The number of benzene rings is 2. The van der Waals surface area contributed by atoms with Gasteiger partial charge >= 0.3 is 0 Å². The fourth-order valence-corrected chi connectivity index (χ4v) is 3.91. The third-order valence-corrected chi connectivity index (χ3v) is 5.20. The first-order chi connectivity index (χ1) is 13.1. The molecule has 1 aliphatic heterocycles. The summed E-state index contributed by atoms with van der Waals surface area (Å²) in [5, 5.41) is 5.17. The third-order valence-electron chi connectivity index (χ3n) is 4.93. The predicted molar refractivity (Wildman–Crippen MR) is 129 cm³/mol. The number of halogens is 3. The van der Waals surface area contributed by atoms with Crippen molar-refractivity contribution < 1.29 is 0 Å². The van der Waals surface area contributed by atoms with Crippen molar-refractivity contribution in [3.8, 4) is 11.1 Å². The van der Waals surface area contributed by atoms with Gasteiger partial charge in [-0.3, -0.25) is 0 Å². The number of nitrogens with one attached hydrogen (secondary N) is 1. The van der Waals surface area contributed by atoms with Gasteiger partial charge in [0.15, 0.2) is 0 Å². The average Bonchev–Trinajstić information content (AvgIpc) is 2.67. The van der Waals surface area contributed by atoms with Crippen molar-refractivity contribution in [2.45, 2.75) is 6.54 Å². The summed E-state index contributed by atoms with van der Waals surface area (Å²) in [6, 6.07) is 17.2. The van der Waals surface area contributed by atoms with E-state index in [2.05, 4.69) is 77.7 Å². The van der Waals surface area contributed by atoms with Crippen LogP contribution in [0.4, 0.5) is 5.82 Å². The summed E-state index contributed by atoms with van der Waals surface area (Å²) in [5.74, 6) is 0.895. The normalized spacial score (nSPS) is 13.9. The van der Waals surface area contributed by atoms with Crippen LogP contribution in [0.5, 0.6) is 0 Å². The van der Waals surface area contributed by atoms with E-state index in [9.17, 15) is 0 Å². The minimum Gasteiger partial charge on any atom is -0.353 e. The highest BCUT2D eigenvalue weighted by atomic mass is 35.5. The van der Waals surface area contributed by atoms with Gasteiger partial charge < -0.3 is 15.1 Å². The van der Waals surface area contributed by atoms with Crippen molar-refractivity contribution in [2.75, 3.05) is 45.2 Å². The van der Waals surface area contributed by atoms with Crippen LogP contribution in [0.25, 0.3) is 22.0 Å². The van der Waals surface area contributed by atoms with E-state index in [1.165, 1.54) is 16.7 Å². The largest absolute Gasteiger partial charge is 0.353 e. The Morgan fingerprint density at radius 1 is 1.00 bits per heavy atom. The summed E-state index contributed by atoms with van der Waals surface area (Å²) in [7, 11) is 4.18. The molecule has 1 aliphatic rings. The Morgan fingerprint density at radius 3 is 2.45 bits per heavy atom. The minimum atomic E-state index is 0. The van der Waals surface area contributed by atoms with Crippen LogP contribution >= 0.6 is 36.4 Å². The molecule has 2 aromatic carbocycles. The Kier molecular flexibility index (Phi) is 8.56. The summed E-state index contributed by atoms with van der Waals surface area (Å²) < 4.78 is 0. The molecular weight excluding hydrogens is 427 g/mol. The van der Waals surface area contributed by atoms with Gasteiger partial charge in [-0.2, -0.15) is 0 Å². The van der Waals surface area contributed by atoms with Crippen molar-refractivity contribution in [1.29, 1.82) is 0 Å². The molecule has 1 aromatic heterocycles. The number of rotatable bonds is 4. The predicted octanol–water partition coefficient (Wildman–Crippen LogP) is 4.87. The first kappa shape index (κ1) is 23.7. The van der Waals surface area contributed by atoms with Gasteiger partial charge in [-0.15, -0.1) is 24.8 Å². The molecule has 0 unspecified atom stereocenters. The highest BCUT2D eigenvalue weighted by Gasteiger charge is 2.16. The van der Waals surface area contributed by atoms with Gasteiger partial charge in [0, 0.05) is 38.1 Å². The number of pyridine rings is 1. The quantitative estimate of drug-likeness (QED) is 0.610. The van der Waals surface area contributed by atoms with E-state index in [0.29, 0.717) is 0 Å². The molecule has 0 bridgehead atoms. The maximum absolute atomic E-state index is 6.59. The van der Waals surface area contributed by atoms with E-state index in [0.717, 1.165) is 54.5 Å². The second-order valence-electron chi connectivity index (χ2n) is 7.38. The van der Waals surface area contributed by atoms with E-state index in [1.54, 1.807) is 0 Å². The first-order valence-corrected chi connectivity index (χ1v) is 9.78. The van der Waals surface area contributed by atoms with Crippen LogP contribution in [0.1, 0.15) is 5.56 Å². The van der Waals surface area contributed by atoms with Gasteiger partial charge in [0.2, 0.25) is 0 Å². The van der Waals surface area contributed by atoms with Crippen LogP contribution in [-0.4, -0.2) is 50.2 Å². The topological polar surface area (TPSA) is 31.4 Å². The molecule has 1 N–H and O–H groups in total. The molecule has 29 heavy (non-hydrogen) atoms. The molecule has 1 fully saturated rings. The molecule has 4 rings (SSSR count). The number of anilines is 1. The number of nitrogens with zero attached hydrogens (tertiary/aromatic N) is 3. The number of piperazine rings is 1. The number of aromatic nitrogens is 1. The zero-order chi connectivity index (χ0) is 18.8. The molecule has 0 saturated carbocycles. The second kappa shape index (κ2) is 10.5. The summed E-state index contributed by atoms with van der Waals surface area (Å²) in [5.41, 5.74) is 4.71. The second-order valence-corrected chi connectivity index (χ2v) is 7.78. The maximum Gasteiger partial charge on any atom is 0.148 e. The lowest BCUT2D eigenvalue weighted by molar-refractivity contribution is 0.402. The Morgan fingerprint density at radius 2 is 1.72 bits per heavy atom. The molecule has 3 aromatic rings. The van der Waals surface area contributed by atoms with Gasteiger partial charge in [0.1, 0.15) is 5.82 Å². The van der Waals surface area contributed by atoms with Crippen LogP contribution < -0.4 is 10.2 Å². The standard InChI is InChI=1S/C22H25ClN4.2ClH/c1-26(2)15-16-4-3-5-17(12-16)18-6-7-21-19(13-18)14-20(23)22(25-21)27-10-8-24-9-11-27;;/h3-7,12-14,24H,8-11,15H2,1-2H3;2*1H. The van der Waals surface area contributed by atoms with Crippen molar-refractivity contribution in [3.05, 3.63) is 59.1 Å². The lowest BCUT2D eigenvalue weighted by atomic mass is 10.0. The molecular formula is C22H27Cl3N4. The molecule has 0 amide bonds. The number of hydrogen-bond donors (Lipinski definition) is 1. The molecule has 0 spiro atoms. The molecule has 156 valence electrons. The average molecular weight is 454 g/mol. The van der Waals surface area contributed by atoms with Gasteiger partial charge in [-0.25, -0.2) is 4.98 Å². The summed E-state index contributed by atoms with van der Waals surface area (Å²) in [6.45, 7) is 4.75. The van der Waals surface area contributed by atoms with Gasteiger partial charge in [-0.05, 0) is 55.1 Å². The Balaban J connectivity index is 0.00000150. The SMILES string of the molecule is CN(C)Cc1cccc(-c2ccc3nc(N4CCNCC4)c(Cl)cc3c2)c1.Cl.Cl. The van der Waals surface area contributed by atoms with Crippen LogP contribution in [0, 0.1) is 0 Å². The highest BCUT2D eigenvalue weighted by Crippen LogP contribution is 2.31. The smallest absolute Gasteiger partial charge is 0.148 e. The maximum atomic E-state index is 6.59. The van der Waals surface area contributed by atoms with E-state index in [4.69, 9.17) is 16.6 Å². The van der Waals surface area contributed by atoms with E-state index in [1.807, 2.05) is 0 Å². The molecule has 0 atom stereocenters. The van der Waals surface area contributed by atoms with Gasteiger partial charge in [0.25, 0.3) is 0 Å². The Labute approximate surface area is 190 Å². The molecule has 0 aliphatic carbocycles.